The van der Waals surface area contributed by atoms with Gasteiger partial charge in [-0.3, -0.25) is 0 Å². The highest BCUT2D eigenvalue weighted by Crippen LogP contribution is 2.26. The first-order valence-electron chi connectivity index (χ1n) is 4.89. The van der Waals surface area contributed by atoms with Crippen LogP contribution in [0.3, 0.4) is 0 Å². The largest absolute Gasteiger partial charge is 0.496 e. The van der Waals surface area contributed by atoms with E-state index >= 15 is 0 Å². The highest BCUT2D eigenvalue weighted by Gasteiger charge is 2.19. The van der Waals surface area contributed by atoms with E-state index in [2.05, 4.69) is 0 Å². The zero-order chi connectivity index (χ0) is 12.2. The first kappa shape index (κ1) is 13.0. The Hall–Kier alpha value is -1.07. The average Bonchev–Trinajstić information content (AvgIpc) is 2.24. The quantitative estimate of drug-likeness (QED) is 0.832. The Morgan fingerprint density at radius 3 is 2.50 bits per heavy atom. The number of aliphatic hydroxyl groups is 1. The Labute approximate surface area is 95.8 Å². The fourth-order valence-corrected chi connectivity index (χ4v) is 2.63. The SMILES string of the molecule is COc1ccccc1C(CO)CS(C)(=O)=O. The van der Waals surface area contributed by atoms with Gasteiger partial charge in [0.1, 0.15) is 15.6 Å². The van der Waals surface area contributed by atoms with Crippen molar-refractivity contribution in [1.82, 2.24) is 0 Å². The lowest BCUT2D eigenvalue weighted by Crippen LogP contribution is -2.17. The zero-order valence-corrected chi connectivity index (χ0v) is 10.2. The van der Waals surface area contributed by atoms with Crippen molar-refractivity contribution >= 4 is 9.84 Å². The Bertz CT molecular complexity index is 439. The molecule has 90 valence electrons. The van der Waals surface area contributed by atoms with Crippen LogP contribution >= 0.6 is 0 Å². The molecule has 0 aliphatic rings. The van der Waals surface area contributed by atoms with Crippen molar-refractivity contribution in [2.75, 3.05) is 25.7 Å². The molecule has 1 unspecified atom stereocenters. The highest BCUT2D eigenvalue weighted by atomic mass is 32.2. The third-order valence-corrected chi connectivity index (χ3v) is 3.31. The molecule has 0 fully saturated rings. The maximum absolute atomic E-state index is 11.2. The summed E-state index contributed by atoms with van der Waals surface area (Å²) in [4.78, 5) is 0. The van der Waals surface area contributed by atoms with E-state index in [1.807, 2.05) is 0 Å². The normalized spacial score (nSPS) is 13.4. The molecule has 0 bridgehead atoms. The molecular weight excluding hydrogens is 228 g/mol. The first-order valence-corrected chi connectivity index (χ1v) is 6.95. The molecule has 0 aliphatic carbocycles. The van der Waals surface area contributed by atoms with Gasteiger partial charge >= 0.3 is 0 Å². The number of rotatable bonds is 5. The molecule has 1 aromatic carbocycles. The summed E-state index contributed by atoms with van der Waals surface area (Å²) >= 11 is 0. The maximum Gasteiger partial charge on any atom is 0.148 e. The Balaban J connectivity index is 3.03. The summed E-state index contributed by atoms with van der Waals surface area (Å²) < 4.78 is 27.6. The Morgan fingerprint density at radius 1 is 1.38 bits per heavy atom. The molecule has 1 N–H and O–H groups in total. The van der Waals surface area contributed by atoms with Gasteiger partial charge in [-0.25, -0.2) is 8.42 Å². The molecule has 5 heteroatoms. The molecule has 0 heterocycles. The summed E-state index contributed by atoms with van der Waals surface area (Å²) in [5.41, 5.74) is 0.720. The molecule has 1 atom stereocenters. The third-order valence-electron chi connectivity index (χ3n) is 2.30. The van der Waals surface area contributed by atoms with Crippen molar-refractivity contribution in [3.8, 4) is 5.75 Å². The molecular formula is C11H16O4S. The number of hydrogen-bond donors (Lipinski definition) is 1. The molecule has 0 saturated heterocycles. The van der Waals surface area contributed by atoms with E-state index in [-0.39, 0.29) is 12.4 Å². The summed E-state index contributed by atoms with van der Waals surface area (Å²) in [5, 5.41) is 9.24. The minimum absolute atomic E-state index is 0.0795. The lowest BCUT2D eigenvalue weighted by molar-refractivity contribution is 0.270. The predicted octanol–water partition coefficient (Wildman–Crippen LogP) is 0.816. The minimum Gasteiger partial charge on any atom is -0.496 e. The second-order valence-electron chi connectivity index (χ2n) is 3.71. The number of para-hydroxylation sites is 1. The second-order valence-corrected chi connectivity index (χ2v) is 5.90. The monoisotopic (exact) mass is 244 g/mol. The molecule has 0 aliphatic heterocycles. The van der Waals surface area contributed by atoms with Gasteiger partial charge in [-0.15, -0.1) is 0 Å². The van der Waals surface area contributed by atoms with Crippen LogP contribution in [0.4, 0.5) is 0 Å². The number of aliphatic hydroxyl groups excluding tert-OH is 1. The van der Waals surface area contributed by atoms with E-state index in [0.29, 0.717) is 5.75 Å². The van der Waals surface area contributed by atoms with Crippen molar-refractivity contribution in [2.45, 2.75) is 5.92 Å². The van der Waals surface area contributed by atoms with Gasteiger partial charge in [0.05, 0.1) is 19.5 Å². The molecule has 0 radical (unpaired) electrons. The van der Waals surface area contributed by atoms with Crippen molar-refractivity contribution in [3.05, 3.63) is 29.8 Å². The standard InChI is InChI=1S/C11H16O4S/c1-15-11-6-4-3-5-10(11)9(7-12)8-16(2,13)14/h3-6,9,12H,7-8H2,1-2H3. The molecule has 4 nitrogen and oxygen atoms in total. The molecule has 0 saturated carbocycles. The molecule has 1 aromatic rings. The van der Waals surface area contributed by atoms with Crippen LogP contribution in [0.15, 0.2) is 24.3 Å². The summed E-state index contributed by atoms with van der Waals surface area (Å²) in [7, 11) is -1.60. The fourth-order valence-electron chi connectivity index (χ4n) is 1.61. The van der Waals surface area contributed by atoms with Gasteiger partial charge in [0.15, 0.2) is 0 Å². The summed E-state index contributed by atoms with van der Waals surface area (Å²) in [6.45, 7) is -0.215. The van der Waals surface area contributed by atoms with Gasteiger partial charge in [-0.1, -0.05) is 18.2 Å². The van der Waals surface area contributed by atoms with Gasteiger partial charge in [0, 0.05) is 17.7 Å². The van der Waals surface area contributed by atoms with E-state index in [0.717, 1.165) is 11.8 Å². The van der Waals surface area contributed by atoms with Crippen LogP contribution in [0.5, 0.6) is 5.75 Å². The maximum atomic E-state index is 11.2. The number of methoxy groups -OCH3 is 1. The van der Waals surface area contributed by atoms with Crippen LogP contribution in [0, 0.1) is 0 Å². The fraction of sp³-hybridized carbons (Fsp3) is 0.455. The van der Waals surface area contributed by atoms with Gasteiger partial charge in [-0.05, 0) is 6.07 Å². The lowest BCUT2D eigenvalue weighted by Gasteiger charge is -2.16. The number of sulfone groups is 1. The third kappa shape index (κ3) is 3.50. The van der Waals surface area contributed by atoms with E-state index in [1.54, 1.807) is 24.3 Å². The minimum atomic E-state index is -3.12. The van der Waals surface area contributed by atoms with E-state index in [1.165, 1.54) is 7.11 Å². The average molecular weight is 244 g/mol. The molecule has 0 amide bonds. The van der Waals surface area contributed by atoms with Gasteiger partial charge < -0.3 is 9.84 Å². The topological polar surface area (TPSA) is 63.6 Å². The van der Waals surface area contributed by atoms with Crippen LogP contribution in [-0.2, 0) is 9.84 Å². The van der Waals surface area contributed by atoms with Crippen LogP contribution in [0.25, 0.3) is 0 Å². The summed E-state index contributed by atoms with van der Waals surface area (Å²) in [6, 6.07) is 7.12. The molecule has 1 rings (SSSR count). The van der Waals surface area contributed by atoms with Crippen LogP contribution in [0.2, 0.25) is 0 Å². The van der Waals surface area contributed by atoms with E-state index < -0.39 is 15.8 Å². The van der Waals surface area contributed by atoms with Crippen LogP contribution in [-0.4, -0.2) is 39.2 Å². The van der Waals surface area contributed by atoms with Gasteiger partial charge in [0.25, 0.3) is 0 Å². The zero-order valence-electron chi connectivity index (χ0n) is 9.38. The van der Waals surface area contributed by atoms with Gasteiger partial charge in [-0.2, -0.15) is 0 Å². The van der Waals surface area contributed by atoms with Crippen LogP contribution < -0.4 is 4.74 Å². The van der Waals surface area contributed by atoms with E-state index in [4.69, 9.17) is 4.74 Å². The Morgan fingerprint density at radius 2 is 2.00 bits per heavy atom. The van der Waals surface area contributed by atoms with Crippen molar-refractivity contribution in [2.24, 2.45) is 0 Å². The van der Waals surface area contributed by atoms with Crippen LogP contribution in [0.1, 0.15) is 11.5 Å². The molecule has 16 heavy (non-hydrogen) atoms. The number of benzene rings is 1. The summed E-state index contributed by atoms with van der Waals surface area (Å²) in [5.74, 6) is 0.0838. The number of ether oxygens (including phenoxy) is 1. The molecule has 0 spiro atoms. The van der Waals surface area contributed by atoms with Crippen molar-refractivity contribution in [3.63, 3.8) is 0 Å². The molecule has 0 aromatic heterocycles. The first-order chi connectivity index (χ1) is 7.48. The van der Waals surface area contributed by atoms with Gasteiger partial charge in [0.2, 0.25) is 0 Å². The Kier molecular flexibility index (Phi) is 4.32. The second kappa shape index (κ2) is 5.32. The van der Waals surface area contributed by atoms with Crippen molar-refractivity contribution in [1.29, 1.82) is 0 Å². The van der Waals surface area contributed by atoms with E-state index in [9.17, 15) is 13.5 Å². The summed E-state index contributed by atoms with van der Waals surface area (Å²) in [6.07, 6.45) is 1.16. The number of hydrogen-bond acceptors (Lipinski definition) is 4. The smallest absolute Gasteiger partial charge is 0.148 e. The lowest BCUT2D eigenvalue weighted by atomic mass is 10.0. The predicted molar refractivity (Wildman–Crippen MR) is 62.5 cm³/mol. The van der Waals surface area contributed by atoms with Crippen molar-refractivity contribution < 1.29 is 18.3 Å². The highest BCUT2D eigenvalue weighted by molar-refractivity contribution is 7.90.